The Morgan fingerprint density at radius 2 is 2.15 bits per heavy atom. The molecule has 2 atom stereocenters. The maximum absolute atomic E-state index is 10.6. The zero-order valence-electron chi connectivity index (χ0n) is 16.0. The van der Waals surface area contributed by atoms with E-state index in [1.54, 1.807) is 11.3 Å². The molecule has 150 valence electrons. The van der Waals surface area contributed by atoms with Crippen LogP contribution in [0, 0.1) is 5.92 Å². The van der Waals surface area contributed by atoms with Crippen LogP contribution in [0.2, 0.25) is 0 Å². The quantitative estimate of drug-likeness (QED) is 0.292. The molecule has 2 rings (SSSR count). The molecular weight excluding hydrogens is 463 g/mol. The van der Waals surface area contributed by atoms with Crippen LogP contribution in [0.15, 0.2) is 21.8 Å². The Morgan fingerprint density at radius 1 is 1.42 bits per heavy atom. The van der Waals surface area contributed by atoms with Crippen molar-refractivity contribution >= 4 is 41.3 Å². The molecule has 1 fully saturated rings. The summed E-state index contributed by atoms with van der Waals surface area (Å²) in [5.74, 6) is 1.27. The van der Waals surface area contributed by atoms with Crippen molar-refractivity contribution in [2.75, 3.05) is 52.5 Å². The molecular formula is C18H33IN4O2S. The van der Waals surface area contributed by atoms with Crippen molar-refractivity contribution in [2.45, 2.75) is 26.4 Å². The molecule has 26 heavy (non-hydrogen) atoms. The lowest BCUT2D eigenvalue weighted by molar-refractivity contribution is 0.0320. The number of hydrogen-bond acceptors (Lipinski definition) is 5. The van der Waals surface area contributed by atoms with Gasteiger partial charge in [-0.2, -0.15) is 11.3 Å². The number of aliphatic hydroxyl groups is 1. The van der Waals surface area contributed by atoms with Crippen LogP contribution in [0.1, 0.15) is 26.3 Å². The summed E-state index contributed by atoms with van der Waals surface area (Å²) < 4.78 is 5.40. The van der Waals surface area contributed by atoms with Crippen LogP contribution < -0.4 is 10.6 Å². The van der Waals surface area contributed by atoms with E-state index in [2.05, 4.69) is 27.4 Å². The van der Waals surface area contributed by atoms with Gasteiger partial charge in [-0.1, -0.05) is 6.92 Å². The molecule has 0 spiro atoms. The molecule has 0 saturated carbocycles. The third-order valence-corrected chi connectivity index (χ3v) is 5.01. The topological polar surface area (TPSA) is 69.1 Å². The highest BCUT2D eigenvalue weighted by atomic mass is 127. The predicted molar refractivity (Wildman–Crippen MR) is 120 cm³/mol. The monoisotopic (exact) mass is 496 g/mol. The normalized spacial score (nSPS) is 19.3. The van der Waals surface area contributed by atoms with Crippen LogP contribution in [-0.2, 0) is 10.3 Å². The largest absolute Gasteiger partial charge is 0.383 e. The number of nitrogens with one attached hydrogen (secondary N) is 2. The lowest BCUT2D eigenvalue weighted by Gasteiger charge is -2.29. The van der Waals surface area contributed by atoms with E-state index in [-0.39, 0.29) is 24.0 Å². The van der Waals surface area contributed by atoms with Crippen molar-refractivity contribution in [1.29, 1.82) is 0 Å². The molecule has 0 bridgehead atoms. The van der Waals surface area contributed by atoms with Crippen molar-refractivity contribution in [3.63, 3.8) is 0 Å². The highest BCUT2D eigenvalue weighted by molar-refractivity contribution is 14.0. The second-order valence-corrected chi connectivity index (χ2v) is 7.66. The third-order valence-electron chi connectivity index (χ3n) is 4.32. The number of morpholine rings is 1. The summed E-state index contributed by atoms with van der Waals surface area (Å²) in [6.07, 6.45) is 0. The standard InChI is InChI=1S/C18H32N4O2S.HI/c1-4-19-17(21-14-18(3,23)16-5-10-25-13-16)20-11-15(2)12-22-6-8-24-9-7-22;/h5,10,13,15,23H,4,6-9,11-12,14H2,1-3H3,(H2,19,20,21);1H. The Balaban J connectivity index is 0.00000338. The lowest BCUT2D eigenvalue weighted by Crippen LogP contribution is -2.44. The van der Waals surface area contributed by atoms with Crippen LogP contribution in [0.5, 0.6) is 0 Å². The van der Waals surface area contributed by atoms with Crippen LogP contribution in [-0.4, -0.2) is 68.4 Å². The number of ether oxygens (including phenoxy) is 1. The number of halogens is 1. The molecule has 0 radical (unpaired) electrons. The highest BCUT2D eigenvalue weighted by Crippen LogP contribution is 2.23. The highest BCUT2D eigenvalue weighted by Gasteiger charge is 2.23. The fourth-order valence-corrected chi connectivity index (χ4v) is 3.58. The number of aliphatic imine (C=N–C) groups is 1. The Kier molecular flexibility index (Phi) is 11.0. The van der Waals surface area contributed by atoms with Gasteiger partial charge in [0.1, 0.15) is 5.60 Å². The minimum absolute atomic E-state index is 0. The SMILES string of the molecule is CCNC(=NCC(C)(O)c1ccsc1)NCC(C)CN1CCOCC1.I. The average molecular weight is 496 g/mol. The van der Waals surface area contributed by atoms with Gasteiger partial charge in [0.15, 0.2) is 5.96 Å². The molecule has 1 aromatic rings. The van der Waals surface area contributed by atoms with Gasteiger partial charge in [-0.15, -0.1) is 24.0 Å². The van der Waals surface area contributed by atoms with E-state index in [9.17, 15) is 5.11 Å². The number of rotatable bonds is 8. The molecule has 3 N–H and O–H groups in total. The van der Waals surface area contributed by atoms with Crippen molar-refractivity contribution < 1.29 is 9.84 Å². The number of guanidine groups is 1. The van der Waals surface area contributed by atoms with Gasteiger partial charge in [0, 0.05) is 32.7 Å². The Hall–Kier alpha value is -0.420. The fourth-order valence-electron chi connectivity index (χ4n) is 2.80. The maximum atomic E-state index is 10.6. The first-order chi connectivity index (χ1) is 12.0. The summed E-state index contributed by atoms with van der Waals surface area (Å²) in [6, 6.07) is 1.95. The summed E-state index contributed by atoms with van der Waals surface area (Å²) in [5.41, 5.74) is -0.0281. The second kappa shape index (κ2) is 12.1. The van der Waals surface area contributed by atoms with Crippen LogP contribution >= 0.6 is 35.3 Å². The first-order valence-electron chi connectivity index (χ1n) is 9.08. The molecule has 6 nitrogen and oxygen atoms in total. The maximum Gasteiger partial charge on any atom is 0.191 e. The summed E-state index contributed by atoms with van der Waals surface area (Å²) in [7, 11) is 0. The Labute approximate surface area is 178 Å². The Morgan fingerprint density at radius 3 is 2.77 bits per heavy atom. The molecule has 8 heteroatoms. The predicted octanol–water partition coefficient (Wildman–Crippen LogP) is 2.10. The molecule has 2 heterocycles. The molecule has 1 aliphatic rings. The van der Waals surface area contributed by atoms with Crippen molar-refractivity contribution in [3.8, 4) is 0 Å². The molecule has 0 amide bonds. The lowest BCUT2D eigenvalue weighted by atomic mass is 10.00. The molecule has 2 unspecified atom stereocenters. The van der Waals surface area contributed by atoms with Gasteiger partial charge in [0.25, 0.3) is 0 Å². The zero-order valence-corrected chi connectivity index (χ0v) is 19.2. The minimum atomic E-state index is -0.943. The molecule has 1 saturated heterocycles. The van der Waals surface area contributed by atoms with Crippen LogP contribution in [0.25, 0.3) is 0 Å². The van der Waals surface area contributed by atoms with Crippen LogP contribution in [0.3, 0.4) is 0 Å². The van der Waals surface area contributed by atoms with E-state index < -0.39 is 5.60 Å². The zero-order chi connectivity index (χ0) is 18.1. The number of nitrogens with zero attached hydrogens (tertiary/aromatic N) is 2. The van der Waals surface area contributed by atoms with Gasteiger partial charge in [-0.3, -0.25) is 4.90 Å². The molecule has 0 aromatic carbocycles. The van der Waals surface area contributed by atoms with E-state index in [1.165, 1.54) is 0 Å². The van der Waals surface area contributed by atoms with Crippen molar-refractivity contribution in [3.05, 3.63) is 22.4 Å². The first kappa shape index (κ1) is 23.6. The van der Waals surface area contributed by atoms with E-state index in [0.717, 1.165) is 57.5 Å². The summed E-state index contributed by atoms with van der Waals surface area (Å²) >= 11 is 1.59. The van der Waals surface area contributed by atoms with Gasteiger partial charge in [-0.05, 0) is 42.2 Å². The molecule has 0 aliphatic carbocycles. The smallest absolute Gasteiger partial charge is 0.191 e. The van der Waals surface area contributed by atoms with Gasteiger partial charge in [-0.25, -0.2) is 4.99 Å². The van der Waals surface area contributed by atoms with Crippen molar-refractivity contribution in [1.82, 2.24) is 15.5 Å². The van der Waals surface area contributed by atoms with Crippen molar-refractivity contribution in [2.24, 2.45) is 10.9 Å². The minimum Gasteiger partial charge on any atom is -0.383 e. The average Bonchev–Trinajstić information content (AvgIpc) is 3.14. The van der Waals surface area contributed by atoms with E-state index in [0.29, 0.717) is 12.5 Å². The van der Waals surface area contributed by atoms with E-state index in [1.807, 2.05) is 30.7 Å². The Bertz CT molecular complexity index is 519. The first-order valence-corrected chi connectivity index (χ1v) is 10.0. The fraction of sp³-hybridized carbons (Fsp3) is 0.722. The molecule has 1 aromatic heterocycles. The summed E-state index contributed by atoms with van der Waals surface area (Å²) in [5, 5.41) is 21.2. The number of hydrogen-bond donors (Lipinski definition) is 3. The van der Waals surface area contributed by atoms with Gasteiger partial charge in [0.2, 0.25) is 0 Å². The van der Waals surface area contributed by atoms with Gasteiger partial charge < -0.3 is 20.5 Å². The molecule has 1 aliphatic heterocycles. The van der Waals surface area contributed by atoms with Crippen LogP contribution in [0.4, 0.5) is 0 Å². The summed E-state index contributed by atoms with van der Waals surface area (Å²) in [6.45, 7) is 12.8. The van der Waals surface area contributed by atoms with Gasteiger partial charge >= 0.3 is 0 Å². The summed E-state index contributed by atoms with van der Waals surface area (Å²) in [4.78, 5) is 7.02. The van der Waals surface area contributed by atoms with E-state index in [4.69, 9.17) is 4.74 Å². The second-order valence-electron chi connectivity index (χ2n) is 6.88. The third kappa shape index (κ3) is 8.08. The van der Waals surface area contributed by atoms with Gasteiger partial charge in [0.05, 0.1) is 19.8 Å². The van der Waals surface area contributed by atoms with E-state index >= 15 is 0 Å². The number of thiophene rings is 1.